The second kappa shape index (κ2) is 3.22. The number of fused-ring (bicyclic) bond motifs is 1. The van der Waals surface area contributed by atoms with Gasteiger partial charge in [0.15, 0.2) is 0 Å². The lowest BCUT2D eigenvalue weighted by atomic mass is 10.4. The van der Waals surface area contributed by atoms with Gasteiger partial charge in [0, 0.05) is 0 Å². The van der Waals surface area contributed by atoms with Gasteiger partial charge >= 0.3 is 0 Å². The number of carbonyl (C=O) groups is 2. The Morgan fingerprint density at radius 1 is 1.38 bits per heavy atom. The van der Waals surface area contributed by atoms with Gasteiger partial charge in [-0.05, 0) is 6.42 Å². The van der Waals surface area contributed by atoms with Crippen molar-refractivity contribution in [2.24, 2.45) is 17.7 Å². The van der Waals surface area contributed by atoms with E-state index in [4.69, 9.17) is 5.84 Å². The maximum atomic E-state index is 11.7. The van der Waals surface area contributed by atoms with Crippen molar-refractivity contribution in [1.82, 2.24) is 15.1 Å². The number of aromatic nitrogens is 2. The molecule has 1 saturated carbocycles. The van der Waals surface area contributed by atoms with E-state index in [1.807, 2.05) is 0 Å². The molecule has 1 aliphatic carbocycles. The lowest BCUT2D eigenvalue weighted by Gasteiger charge is -2.13. The van der Waals surface area contributed by atoms with E-state index in [2.05, 4.69) is 15.6 Å². The van der Waals surface area contributed by atoms with E-state index in [0.29, 0.717) is 10.1 Å². The van der Waals surface area contributed by atoms with Gasteiger partial charge in [0.2, 0.25) is 16.9 Å². The number of hydrogen-bond donors (Lipinski definition) is 2. The van der Waals surface area contributed by atoms with Crippen LogP contribution in [0, 0.1) is 11.8 Å². The van der Waals surface area contributed by atoms with Crippen molar-refractivity contribution < 1.29 is 9.59 Å². The Balaban J connectivity index is 1.75. The highest BCUT2D eigenvalue weighted by Gasteiger charge is 2.58. The molecule has 2 atom stereocenters. The van der Waals surface area contributed by atoms with E-state index in [9.17, 15) is 9.59 Å². The van der Waals surface area contributed by atoms with Crippen LogP contribution in [-0.2, 0) is 16.1 Å². The number of piperidine rings is 1. The lowest BCUT2D eigenvalue weighted by Crippen LogP contribution is -2.32. The summed E-state index contributed by atoms with van der Waals surface area (Å²) in [6, 6.07) is 0. The SMILES string of the molecule is NNc1nnc(CN2C(=O)C3CC3C2=O)s1. The molecule has 2 fully saturated rings. The quantitative estimate of drug-likeness (QED) is 0.412. The maximum absolute atomic E-state index is 11.7. The van der Waals surface area contributed by atoms with Crippen LogP contribution in [0.5, 0.6) is 0 Å². The van der Waals surface area contributed by atoms with Crippen molar-refractivity contribution in [1.29, 1.82) is 0 Å². The Kier molecular flexibility index (Phi) is 1.95. The van der Waals surface area contributed by atoms with Crippen LogP contribution in [0.15, 0.2) is 0 Å². The summed E-state index contributed by atoms with van der Waals surface area (Å²) in [5.41, 5.74) is 2.37. The fraction of sp³-hybridized carbons (Fsp3) is 0.500. The number of imide groups is 1. The van der Waals surface area contributed by atoms with E-state index < -0.39 is 0 Å². The Hall–Kier alpha value is -1.54. The summed E-state index contributed by atoms with van der Waals surface area (Å²) < 4.78 is 0. The van der Waals surface area contributed by atoms with E-state index >= 15 is 0 Å². The van der Waals surface area contributed by atoms with Crippen molar-refractivity contribution in [3.63, 3.8) is 0 Å². The average molecular weight is 239 g/mol. The van der Waals surface area contributed by atoms with E-state index in [0.717, 1.165) is 6.42 Å². The lowest BCUT2D eigenvalue weighted by molar-refractivity contribution is -0.142. The number of nitrogen functional groups attached to an aromatic ring is 1. The van der Waals surface area contributed by atoms with Gasteiger partial charge in [-0.15, -0.1) is 10.2 Å². The molecule has 2 aliphatic rings. The number of rotatable bonds is 3. The molecule has 2 amide bonds. The molecule has 3 N–H and O–H groups in total. The fourth-order valence-corrected chi connectivity index (χ4v) is 2.56. The molecular formula is C8H9N5O2S. The predicted octanol–water partition coefficient (Wildman–Crippen LogP) is -0.671. The number of nitrogens with two attached hydrogens (primary N) is 1. The second-order valence-electron chi connectivity index (χ2n) is 3.86. The standard InChI is InChI=1S/C8H9N5O2S/c9-10-8-12-11-5(16-8)2-13-6(14)3-1-4(3)7(13)15/h3-4H,1-2,9H2,(H,10,12). The largest absolute Gasteiger partial charge is 0.298 e. The zero-order valence-corrected chi connectivity index (χ0v) is 9.03. The summed E-state index contributed by atoms with van der Waals surface area (Å²) in [6.45, 7) is 0.212. The van der Waals surface area contributed by atoms with Crippen LogP contribution >= 0.6 is 11.3 Å². The molecule has 0 spiro atoms. The summed E-state index contributed by atoms with van der Waals surface area (Å²) in [7, 11) is 0. The highest BCUT2D eigenvalue weighted by molar-refractivity contribution is 7.15. The van der Waals surface area contributed by atoms with Gasteiger partial charge in [-0.25, -0.2) is 5.84 Å². The first kappa shape index (κ1) is 9.67. The van der Waals surface area contributed by atoms with Gasteiger partial charge in [0.25, 0.3) is 0 Å². The molecule has 8 heteroatoms. The Morgan fingerprint density at radius 3 is 2.62 bits per heavy atom. The van der Waals surface area contributed by atoms with Crippen molar-refractivity contribution in [3.05, 3.63) is 5.01 Å². The third-order valence-electron chi connectivity index (χ3n) is 2.84. The zero-order chi connectivity index (χ0) is 11.3. The number of amides is 2. The van der Waals surface area contributed by atoms with Crippen molar-refractivity contribution >= 4 is 28.3 Å². The van der Waals surface area contributed by atoms with E-state index in [1.54, 1.807) is 0 Å². The molecule has 0 radical (unpaired) electrons. The number of carbonyl (C=O) groups excluding carboxylic acids is 2. The van der Waals surface area contributed by atoms with E-state index in [1.165, 1.54) is 16.2 Å². The van der Waals surface area contributed by atoms with Crippen molar-refractivity contribution in [3.8, 4) is 0 Å². The molecular weight excluding hydrogens is 230 g/mol. The molecule has 2 unspecified atom stereocenters. The topological polar surface area (TPSA) is 101 Å². The summed E-state index contributed by atoms with van der Waals surface area (Å²) in [5.74, 6) is 4.89. The molecule has 0 aromatic carbocycles. The molecule has 1 aromatic heterocycles. The number of anilines is 1. The first-order chi connectivity index (χ1) is 7.70. The highest BCUT2D eigenvalue weighted by Crippen LogP contribution is 2.47. The Labute approximate surface area is 94.6 Å². The van der Waals surface area contributed by atoms with Crippen molar-refractivity contribution in [2.45, 2.75) is 13.0 Å². The number of nitrogens with zero attached hydrogens (tertiary/aromatic N) is 3. The fourth-order valence-electron chi connectivity index (χ4n) is 1.92. The number of likely N-dealkylation sites (tertiary alicyclic amines) is 1. The molecule has 1 aliphatic heterocycles. The van der Waals surface area contributed by atoms with Crippen molar-refractivity contribution in [2.75, 3.05) is 5.43 Å². The van der Waals surface area contributed by atoms with Crippen LogP contribution in [0.2, 0.25) is 0 Å². The molecule has 7 nitrogen and oxygen atoms in total. The van der Waals surface area contributed by atoms with Crippen LogP contribution < -0.4 is 11.3 Å². The number of nitrogens with one attached hydrogen (secondary N) is 1. The summed E-state index contributed by atoms with van der Waals surface area (Å²) in [5, 5.41) is 8.66. The van der Waals surface area contributed by atoms with Crippen LogP contribution in [0.25, 0.3) is 0 Å². The summed E-state index contributed by atoms with van der Waals surface area (Å²) in [4.78, 5) is 24.6. The minimum absolute atomic E-state index is 0.0625. The molecule has 2 heterocycles. The minimum atomic E-state index is -0.0764. The van der Waals surface area contributed by atoms with Crippen LogP contribution in [0.4, 0.5) is 5.13 Å². The summed E-state index contributed by atoms with van der Waals surface area (Å²) >= 11 is 1.24. The van der Waals surface area contributed by atoms with E-state index in [-0.39, 0.29) is 30.2 Å². The maximum Gasteiger partial charge on any atom is 0.233 e. The van der Waals surface area contributed by atoms with Crippen LogP contribution in [-0.4, -0.2) is 26.9 Å². The second-order valence-corrected chi connectivity index (χ2v) is 4.92. The zero-order valence-electron chi connectivity index (χ0n) is 8.21. The van der Waals surface area contributed by atoms with Gasteiger partial charge < -0.3 is 0 Å². The smallest absolute Gasteiger partial charge is 0.233 e. The monoisotopic (exact) mass is 239 g/mol. The molecule has 84 valence electrons. The third-order valence-corrected chi connectivity index (χ3v) is 3.68. The van der Waals surface area contributed by atoms with Crippen LogP contribution in [0.3, 0.4) is 0 Å². The molecule has 1 aromatic rings. The van der Waals surface area contributed by atoms with Gasteiger partial charge in [0.05, 0.1) is 18.4 Å². The van der Waals surface area contributed by atoms with Crippen LogP contribution in [0.1, 0.15) is 11.4 Å². The summed E-state index contributed by atoms with van der Waals surface area (Å²) in [6.07, 6.45) is 0.722. The normalized spacial score (nSPS) is 27.2. The van der Waals surface area contributed by atoms with Gasteiger partial charge in [-0.2, -0.15) is 0 Å². The molecule has 16 heavy (non-hydrogen) atoms. The number of hydrogen-bond acceptors (Lipinski definition) is 7. The average Bonchev–Trinajstić information content (AvgIpc) is 2.90. The molecule has 1 saturated heterocycles. The highest BCUT2D eigenvalue weighted by atomic mass is 32.1. The number of hydrazine groups is 1. The van der Waals surface area contributed by atoms with Gasteiger partial charge in [-0.1, -0.05) is 11.3 Å². The minimum Gasteiger partial charge on any atom is -0.298 e. The Morgan fingerprint density at radius 2 is 2.06 bits per heavy atom. The predicted molar refractivity (Wildman–Crippen MR) is 54.9 cm³/mol. The Bertz CT molecular complexity index is 453. The molecule has 3 rings (SSSR count). The first-order valence-electron chi connectivity index (χ1n) is 4.85. The van der Waals surface area contributed by atoms with Gasteiger partial charge in [-0.3, -0.25) is 19.9 Å². The molecule has 0 bridgehead atoms. The first-order valence-corrected chi connectivity index (χ1v) is 5.66. The van der Waals surface area contributed by atoms with Gasteiger partial charge in [0.1, 0.15) is 5.01 Å². The third kappa shape index (κ3) is 1.30.